The molecule has 0 radical (unpaired) electrons. The maximum atomic E-state index is 12.5. The normalized spacial score (nSPS) is 16.1. The molecule has 28 heavy (non-hydrogen) atoms. The summed E-state index contributed by atoms with van der Waals surface area (Å²) in [6.45, 7) is 2.71. The molecule has 0 bridgehead atoms. The van der Waals surface area contributed by atoms with Gasteiger partial charge in [-0.25, -0.2) is 0 Å². The van der Waals surface area contributed by atoms with Gasteiger partial charge in [-0.3, -0.25) is 9.69 Å². The van der Waals surface area contributed by atoms with Gasteiger partial charge >= 0.3 is 0 Å². The van der Waals surface area contributed by atoms with Crippen LogP contribution in [0.2, 0.25) is 0 Å². The lowest BCUT2D eigenvalue weighted by Crippen LogP contribution is -2.40. The summed E-state index contributed by atoms with van der Waals surface area (Å²) in [5.41, 5.74) is 0. The van der Waals surface area contributed by atoms with Gasteiger partial charge in [-0.05, 0) is 61.0 Å². The Morgan fingerprint density at radius 2 is 1.86 bits per heavy atom. The average molecular weight is 395 g/mol. The molecule has 146 valence electrons. The first-order chi connectivity index (χ1) is 13.8. The Balaban J connectivity index is 1.32. The SMILES string of the molecule is O=C(CSc1ccc2ccccc2c1)NC[C@H](c1ccco1)N1CCCCC1. The zero-order chi connectivity index (χ0) is 19.2. The van der Waals surface area contributed by atoms with Crippen molar-refractivity contribution in [2.45, 2.75) is 30.2 Å². The third kappa shape index (κ3) is 4.78. The zero-order valence-corrected chi connectivity index (χ0v) is 16.8. The number of furan rings is 1. The van der Waals surface area contributed by atoms with E-state index in [2.05, 4.69) is 40.5 Å². The lowest BCUT2D eigenvalue weighted by molar-refractivity contribution is -0.118. The van der Waals surface area contributed by atoms with Gasteiger partial charge in [0.15, 0.2) is 0 Å². The molecule has 1 aliphatic rings. The summed E-state index contributed by atoms with van der Waals surface area (Å²) in [6, 6.07) is 18.7. The molecule has 0 unspecified atom stereocenters. The van der Waals surface area contributed by atoms with Gasteiger partial charge in [0.2, 0.25) is 5.91 Å². The van der Waals surface area contributed by atoms with Gasteiger partial charge in [-0.1, -0.05) is 36.8 Å². The highest BCUT2D eigenvalue weighted by Crippen LogP contribution is 2.25. The smallest absolute Gasteiger partial charge is 0.230 e. The summed E-state index contributed by atoms with van der Waals surface area (Å²) in [5.74, 6) is 1.42. The Morgan fingerprint density at radius 3 is 2.64 bits per heavy atom. The standard InChI is InChI=1S/C23H26N2O2S/c26-23(17-28-20-11-10-18-7-2-3-8-19(18)15-20)24-16-21(22-9-6-14-27-22)25-12-4-1-5-13-25/h2-3,6-11,14-15,21H,1,4-5,12-13,16-17H2,(H,24,26)/t21-/m1/s1. The monoisotopic (exact) mass is 394 g/mol. The van der Waals surface area contributed by atoms with Crippen LogP contribution in [0.1, 0.15) is 31.1 Å². The fourth-order valence-corrected chi connectivity index (χ4v) is 4.56. The summed E-state index contributed by atoms with van der Waals surface area (Å²) in [5, 5.41) is 5.54. The van der Waals surface area contributed by atoms with Crippen LogP contribution in [-0.4, -0.2) is 36.2 Å². The highest BCUT2D eigenvalue weighted by Gasteiger charge is 2.24. The highest BCUT2D eigenvalue weighted by atomic mass is 32.2. The van der Waals surface area contributed by atoms with Crippen molar-refractivity contribution in [3.8, 4) is 0 Å². The van der Waals surface area contributed by atoms with E-state index in [0.717, 1.165) is 23.7 Å². The third-order valence-corrected chi connectivity index (χ3v) is 6.28. The molecular formula is C23H26N2O2S. The Kier molecular flexibility index (Phi) is 6.34. The lowest BCUT2D eigenvalue weighted by atomic mass is 10.1. The van der Waals surface area contributed by atoms with Gasteiger partial charge in [0.25, 0.3) is 0 Å². The van der Waals surface area contributed by atoms with E-state index in [0.29, 0.717) is 12.3 Å². The number of nitrogens with zero attached hydrogens (tertiary/aromatic N) is 1. The number of amides is 1. The summed E-state index contributed by atoms with van der Waals surface area (Å²) in [4.78, 5) is 16.0. The van der Waals surface area contributed by atoms with E-state index in [-0.39, 0.29) is 11.9 Å². The van der Waals surface area contributed by atoms with Crippen LogP contribution in [0.25, 0.3) is 10.8 Å². The van der Waals surface area contributed by atoms with E-state index in [1.54, 1.807) is 18.0 Å². The quantitative estimate of drug-likeness (QED) is 0.581. The molecule has 1 saturated heterocycles. The minimum atomic E-state index is 0.0618. The van der Waals surface area contributed by atoms with Gasteiger partial charge in [0, 0.05) is 11.4 Å². The van der Waals surface area contributed by atoms with Crippen LogP contribution in [0.4, 0.5) is 0 Å². The number of carbonyl (C=O) groups excluding carboxylic acids is 1. The molecular weight excluding hydrogens is 368 g/mol. The Morgan fingerprint density at radius 1 is 1.04 bits per heavy atom. The molecule has 1 aromatic heterocycles. The molecule has 4 rings (SSSR count). The molecule has 0 spiro atoms. The van der Waals surface area contributed by atoms with Crippen LogP contribution < -0.4 is 5.32 Å². The Bertz CT molecular complexity index is 904. The lowest BCUT2D eigenvalue weighted by Gasteiger charge is -2.33. The van der Waals surface area contributed by atoms with Crippen LogP contribution >= 0.6 is 11.8 Å². The summed E-state index contributed by atoms with van der Waals surface area (Å²) in [6.07, 6.45) is 5.42. The molecule has 0 aliphatic carbocycles. The van der Waals surface area contributed by atoms with Crippen molar-refractivity contribution in [3.63, 3.8) is 0 Å². The van der Waals surface area contributed by atoms with Crippen molar-refractivity contribution < 1.29 is 9.21 Å². The van der Waals surface area contributed by atoms with Crippen LogP contribution in [0.3, 0.4) is 0 Å². The predicted molar refractivity (Wildman–Crippen MR) is 115 cm³/mol. The van der Waals surface area contributed by atoms with Gasteiger partial charge in [0.05, 0.1) is 18.1 Å². The summed E-state index contributed by atoms with van der Waals surface area (Å²) in [7, 11) is 0. The summed E-state index contributed by atoms with van der Waals surface area (Å²) >= 11 is 1.58. The van der Waals surface area contributed by atoms with Crippen molar-refractivity contribution in [2.24, 2.45) is 0 Å². The number of carbonyl (C=O) groups is 1. The molecule has 4 nitrogen and oxygen atoms in total. The maximum absolute atomic E-state index is 12.5. The Hall–Kier alpha value is -2.24. The molecule has 3 aromatic rings. The van der Waals surface area contributed by atoms with Crippen molar-refractivity contribution >= 4 is 28.4 Å². The number of rotatable bonds is 7. The number of nitrogens with one attached hydrogen (secondary N) is 1. The second kappa shape index (κ2) is 9.30. The number of hydrogen-bond donors (Lipinski definition) is 1. The second-order valence-corrected chi connectivity index (χ2v) is 8.28. The van der Waals surface area contributed by atoms with Crippen molar-refractivity contribution in [2.75, 3.05) is 25.4 Å². The molecule has 1 aliphatic heterocycles. The molecule has 0 saturated carbocycles. The number of piperidine rings is 1. The molecule has 2 aromatic carbocycles. The first-order valence-corrected chi connectivity index (χ1v) is 10.9. The average Bonchev–Trinajstić information content (AvgIpc) is 3.27. The largest absolute Gasteiger partial charge is 0.468 e. The molecule has 5 heteroatoms. The fourth-order valence-electron chi connectivity index (χ4n) is 3.79. The number of benzene rings is 2. The van der Waals surface area contributed by atoms with E-state index in [1.165, 1.54) is 30.0 Å². The molecule has 2 heterocycles. The van der Waals surface area contributed by atoms with Gasteiger partial charge < -0.3 is 9.73 Å². The minimum absolute atomic E-state index is 0.0618. The van der Waals surface area contributed by atoms with E-state index < -0.39 is 0 Å². The van der Waals surface area contributed by atoms with Crippen molar-refractivity contribution in [3.05, 3.63) is 66.6 Å². The van der Waals surface area contributed by atoms with Crippen molar-refractivity contribution in [1.29, 1.82) is 0 Å². The molecule has 1 atom stereocenters. The first-order valence-electron chi connectivity index (χ1n) is 9.95. The van der Waals surface area contributed by atoms with Gasteiger partial charge in [-0.2, -0.15) is 0 Å². The van der Waals surface area contributed by atoms with Gasteiger partial charge in [0.1, 0.15) is 5.76 Å². The molecule has 1 N–H and O–H groups in total. The number of thioether (sulfide) groups is 1. The Labute approximate surface area is 170 Å². The molecule has 1 fully saturated rings. The van der Waals surface area contributed by atoms with E-state index in [9.17, 15) is 4.79 Å². The highest BCUT2D eigenvalue weighted by molar-refractivity contribution is 8.00. The predicted octanol–water partition coefficient (Wildman–Crippen LogP) is 4.87. The zero-order valence-electron chi connectivity index (χ0n) is 16.0. The van der Waals surface area contributed by atoms with E-state index in [4.69, 9.17) is 4.42 Å². The van der Waals surface area contributed by atoms with Crippen LogP contribution in [-0.2, 0) is 4.79 Å². The fraction of sp³-hybridized carbons (Fsp3) is 0.348. The van der Waals surface area contributed by atoms with Crippen LogP contribution in [0, 0.1) is 0 Å². The number of hydrogen-bond acceptors (Lipinski definition) is 4. The van der Waals surface area contributed by atoms with Crippen molar-refractivity contribution in [1.82, 2.24) is 10.2 Å². The number of likely N-dealkylation sites (tertiary alicyclic amines) is 1. The third-order valence-electron chi connectivity index (χ3n) is 5.29. The van der Waals surface area contributed by atoms with Crippen LogP contribution in [0.15, 0.2) is 70.2 Å². The van der Waals surface area contributed by atoms with Gasteiger partial charge in [-0.15, -0.1) is 11.8 Å². The summed E-state index contributed by atoms with van der Waals surface area (Å²) < 4.78 is 5.65. The number of fused-ring (bicyclic) bond motifs is 1. The van der Waals surface area contributed by atoms with E-state index >= 15 is 0 Å². The second-order valence-electron chi connectivity index (χ2n) is 7.23. The molecule has 1 amide bonds. The minimum Gasteiger partial charge on any atom is -0.468 e. The maximum Gasteiger partial charge on any atom is 0.230 e. The van der Waals surface area contributed by atoms with Crippen LogP contribution in [0.5, 0.6) is 0 Å². The topological polar surface area (TPSA) is 45.5 Å². The first kappa shape index (κ1) is 19.1. The van der Waals surface area contributed by atoms with E-state index in [1.807, 2.05) is 24.3 Å².